The number of hydrogen-bond donors (Lipinski definition) is 0. The Morgan fingerprint density at radius 3 is 2.41 bits per heavy atom. The second-order valence-corrected chi connectivity index (χ2v) is 7.98. The molecule has 3 rings (SSSR count). The molecular weight excluding hydrogens is 387 g/mol. The van der Waals surface area contributed by atoms with Gasteiger partial charge in [0.05, 0.1) is 13.2 Å². The van der Waals surface area contributed by atoms with Crippen molar-refractivity contribution in [2.24, 2.45) is 5.41 Å². The number of benzene rings is 3. The Morgan fingerprint density at radius 2 is 1.69 bits per heavy atom. The van der Waals surface area contributed by atoms with Crippen LogP contribution in [0.5, 0.6) is 11.5 Å². The van der Waals surface area contributed by atoms with Crippen molar-refractivity contribution in [3.8, 4) is 11.5 Å². The van der Waals surface area contributed by atoms with Crippen molar-refractivity contribution in [1.29, 1.82) is 0 Å². The molecule has 0 amide bonds. The smallest absolute Gasteiger partial charge is 0.165 e. The van der Waals surface area contributed by atoms with Gasteiger partial charge >= 0.3 is 0 Å². The molecule has 0 aromatic heterocycles. The van der Waals surface area contributed by atoms with Gasteiger partial charge in [0.2, 0.25) is 0 Å². The lowest BCUT2D eigenvalue weighted by molar-refractivity contribution is 0.0719. The molecule has 2 nitrogen and oxygen atoms in total. The number of halogens is 2. The fraction of sp³-hybridized carbons (Fsp3) is 0.200. The molecule has 0 fully saturated rings. The first kappa shape index (κ1) is 21.1. The lowest BCUT2D eigenvalue weighted by Crippen LogP contribution is -2.16. The van der Waals surface area contributed by atoms with Crippen LogP contribution in [0, 0.1) is 11.2 Å². The summed E-state index contributed by atoms with van der Waals surface area (Å²) in [5.41, 5.74) is 1.79. The average molecular weight is 411 g/mol. The predicted molar refractivity (Wildman–Crippen MR) is 117 cm³/mol. The van der Waals surface area contributed by atoms with Gasteiger partial charge in [-0.2, -0.15) is 0 Å². The molecule has 0 atom stereocenters. The summed E-state index contributed by atoms with van der Waals surface area (Å²) in [6.07, 6.45) is 4.17. The monoisotopic (exact) mass is 410 g/mol. The van der Waals surface area contributed by atoms with E-state index in [1.807, 2.05) is 42.5 Å². The maximum absolute atomic E-state index is 14.1. The summed E-state index contributed by atoms with van der Waals surface area (Å²) in [5, 5.41) is 0.722. The quantitative estimate of drug-likeness (QED) is 0.382. The summed E-state index contributed by atoms with van der Waals surface area (Å²) in [4.78, 5) is 0. The van der Waals surface area contributed by atoms with Crippen molar-refractivity contribution < 1.29 is 13.9 Å². The molecule has 0 aliphatic heterocycles. The molecule has 0 saturated heterocycles. The van der Waals surface area contributed by atoms with Gasteiger partial charge < -0.3 is 9.47 Å². The van der Waals surface area contributed by atoms with E-state index in [-0.39, 0.29) is 11.2 Å². The van der Waals surface area contributed by atoms with E-state index in [1.165, 1.54) is 6.07 Å². The zero-order valence-electron chi connectivity index (χ0n) is 16.6. The standard InChI is InChI=1S/C25H24ClFO2/c1-25(2,15-14-19-8-11-21(26)12-9-19)18-28-17-20-10-13-23(27)24(16-20)29-22-6-4-3-5-7-22/h3-16H,17-18H2,1-2H3/b15-14+. The van der Waals surface area contributed by atoms with Crippen LogP contribution >= 0.6 is 11.6 Å². The van der Waals surface area contributed by atoms with Gasteiger partial charge in [-0.3, -0.25) is 0 Å². The van der Waals surface area contributed by atoms with Crippen LogP contribution < -0.4 is 4.74 Å². The Labute approximate surface area is 176 Å². The minimum atomic E-state index is -0.399. The Morgan fingerprint density at radius 1 is 0.966 bits per heavy atom. The van der Waals surface area contributed by atoms with Gasteiger partial charge in [0.25, 0.3) is 0 Å². The summed E-state index contributed by atoms with van der Waals surface area (Å²) in [6, 6.07) is 21.6. The van der Waals surface area contributed by atoms with E-state index in [1.54, 1.807) is 24.3 Å². The zero-order valence-corrected chi connectivity index (χ0v) is 17.3. The molecule has 150 valence electrons. The predicted octanol–water partition coefficient (Wildman–Crippen LogP) is 7.53. The molecule has 0 spiro atoms. The first-order valence-electron chi connectivity index (χ1n) is 9.45. The van der Waals surface area contributed by atoms with Crippen LogP contribution in [-0.4, -0.2) is 6.61 Å². The van der Waals surface area contributed by atoms with Crippen LogP contribution in [0.3, 0.4) is 0 Å². The van der Waals surface area contributed by atoms with Crippen LogP contribution in [-0.2, 0) is 11.3 Å². The third kappa shape index (κ3) is 6.74. The highest BCUT2D eigenvalue weighted by Gasteiger charge is 2.14. The molecule has 0 saturated carbocycles. The fourth-order valence-corrected chi connectivity index (χ4v) is 2.83. The van der Waals surface area contributed by atoms with Crippen LogP contribution in [0.25, 0.3) is 6.08 Å². The van der Waals surface area contributed by atoms with E-state index in [2.05, 4.69) is 26.0 Å². The first-order chi connectivity index (χ1) is 13.9. The van der Waals surface area contributed by atoms with Crippen molar-refractivity contribution >= 4 is 17.7 Å². The molecule has 0 radical (unpaired) electrons. The molecular formula is C25H24ClFO2. The van der Waals surface area contributed by atoms with E-state index >= 15 is 0 Å². The van der Waals surface area contributed by atoms with Crippen LogP contribution in [0.4, 0.5) is 4.39 Å². The van der Waals surface area contributed by atoms with Crippen molar-refractivity contribution in [2.75, 3.05) is 6.61 Å². The number of rotatable bonds is 8. The van der Waals surface area contributed by atoms with Crippen LogP contribution in [0.2, 0.25) is 5.02 Å². The summed E-state index contributed by atoms with van der Waals surface area (Å²) in [7, 11) is 0. The number of para-hydroxylation sites is 1. The third-order valence-electron chi connectivity index (χ3n) is 4.31. The van der Waals surface area contributed by atoms with Gasteiger partial charge in [-0.1, -0.05) is 74.0 Å². The van der Waals surface area contributed by atoms with Crippen molar-refractivity contribution in [3.63, 3.8) is 0 Å². The van der Waals surface area contributed by atoms with Crippen molar-refractivity contribution in [3.05, 3.63) is 101 Å². The molecule has 0 heterocycles. The first-order valence-corrected chi connectivity index (χ1v) is 9.83. The average Bonchev–Trinajstić information content (AvgIpc) is 2.71. The third-order valence-corrected chi connectivity index (χ3v) is 4.56. The zero-order chi connectivity index (χ0) is 20.7. The Kier molecular flexibility index (Phi) is 7.08. The van der Waals surface area contributed by atoms with Crippen molar-refractivity contribution in [1.82, 2.24) is 0 Å². The lowest BCUT2D eigenvalue weighted by atomic mass is 9.93. The van der Waals surface area contributed by atoms with Crippen molar-refractivity contribution in [2.45, 2.75) is 20.5 Å². The molecule has 0 aliphatic carbocycles. The molecule has 0 N–H and O–H groups in total. The van der Waals surface area contributed by atoms with Gasteiger partial charge in [-0.25, -0.2) is 4.39 Å². The van der Waals surface area contributed by atoms with Gasteiger partial charge in [0.15, 0.2) is 11.6 Å². The highest BCUT2D eigenvalue weighted by Crippen LogP contribution is 2.26. The van der Waals surface area contributed by atoms with Gasteiger partial charge in [-0.15, -0.1) is 0 Å². The molecule has 4 heteroatoms. The number of hydrogen-bond acceptors (Lipinski definition) is 2. The summed E-state index contributed by atoms with van der Waals surface area (Å²) in [6.45, 7) is 5.12. The van der Waals surface area contributed by atoms with E-state index in [4.69, 9.17) is 21.1 Å². The lowest BCUT2D eigenvalue weighted by Gasteiger charge is -2.20. The maximum Gasteiger partial charge on any atom is 0.165 e. The summed E-state index contributed by atoms with van der Waals surface area (Å²) in [5.74, 6) is 0.390. The summed E-state index contributed by atoms with van der Waals surface area (Å²) < 4.78 is 25.6. The second kappa shape index (κ2) is 9.73. The highest BCUT2D eigenvalue weighted by molar-refractivity contribution is 6.30. The molecule has 3 aromatic carbocycles. The minimum absolute atomic E-state index is 0.150. The molecule has 29 heavy (non-hydrogen) atoms. The highest BCUT2D eigenvalue weighted by atomic mass is 35.5. The number of ether oxygens (including phenoxy) is 2. The maximum atomic E-state index is 14.1. The van der Waals surface area contributed by atoms with Crippen LogP contribution in [0.1, 0.15) is 25.0 Å². The topological polar surface area (TPSA) is 18.5 Å². The Balaban J connectivity index is 1.56. The molecule has 0 unspecified atom stereocenters. The van der Waals surface area contributed by atoms with E-state index in [0.29, 0.717) is 19.0 Å². The second-order valence-electron chi connectivity index (χ2n) is 7.55. The Hall–Kier alpha value is -2.62. The summed E-state index contributed by atoms with van der Waals surface area (Å²) >= 11 is 5.92. The molecule has 0 bridgehead atoms. The Bertz CT molecular complexity index is 950. The van der Waals surface area contributed by atoms with Gasteiger partial charge in [-0.05, 0) is 47.5 Å². The van der Waals surface area contributed by atoms with E-state index < -0.39 is 5.82 Å². The van der Waals surface area contributed by atoms with Crippen LogP contribution in [0.15, 0.2) is 78.9 Å². The van der Waals surface area contributed by atoms with E-state index in [0.717, 1.165) is 16.1 Å². The van der Waals surface area contributed by atoms with Gasteiger partial charge in [0.1, 0.15) is 5.75 Å². The normalized spacial score (nSPS) is 11.7. The molecule has 0 aliphatic rings. The minimum Gasteiger partial charge on any atom is -0.454 e. The largest absolute Gasteiger partial charge is 0.454 e. The fourth-order valence-electron chi connectivity index (χ4n) is 2.71. The van der Waals surface area contributed by atoms with E-state index in [9.17, 15) is 4.39 Å². The SMILES string of the molecule is CC(C)(/C=C/c1ccc(Cl)cc1)COCc1ccc(F)c(Oc2ccccc2)c1. The van der Waals surface area contributed by atoms with Gasteiger partial charge in [0, 0.05) is 10.4 Å². The molecule has 3 aromatic rings.